The molecule has 11 heteroatoms. The zero-order valence-electron chi connectivity index (χ0n) is 29.6. The van der Waals surface area contributed by atoms with E-state index in [1.54, 1.807) is 42.5 Å². The first-order valence-electron chi connectivity index (χ1n) is 17.2. The maximum atomic E-state index is 14.1. The molecule has 2 aliphatic rings. The van der Waals surface area contributed by atoms with Crippen molar-refractivity contribution in [3.63, 3.8) is 0 Å². The van der Waals surface area contributed by atoms with Gasteiger partial charge in [-0.2, -0.15) is 26.3 Å². The minimum atomic E-state index is -5.02. The molecule has 2 N–H and O–H groups in total. The van der Waals surface area contributed by atoms with E-state index in [0.29, 0.717) is 55.8 Å². The lowest BCUT2D eigenvalue weighted by Gasteiger charge is -2.39. The molecular formula is C44H32F6O5. The molecule has 0 saturated heterocycles. The summed E-state index contributed by atoms with van der Waals surface area (Å²) in [4.78, 5) is 0. The van der Waals surface area contributed by atoms with Crippen LogP contribution in [-0.2, 0) is 29.8 Å². The Balaban J connectivity index is 1.45. The second-order valence-electron chi connectivity index (χ2n) is 14.0. The predicted molar refractivity (Wildman–Crippen MR) is 196 cm³/mol. The van der Waals surface area contributed by atoms with Gasteiger partial charge in [-0.25, -0.2) is 0 Å². The van der Waals surface area contributed by atoms with Crippen molar-refractivity contribution in [2.45, 2.75) is 36.7 Å². The number of hydrogen-bond donors (Lipinski definition) is 2. The fraction of sp³-hybridized carbons (Fsp3) is 0.182. The number of ether oxygens (including phenoxy) is 3. The molecule has 6 aromatic rings. The summed E-state index contributed by atoms with van der Waals surface area (Å²) in [6.07, 6.45) is -6.56. The number of rotatable bonds is 6. The Kier molecular flexibility index (Phi) is 8.14. The molecule has 8 rings (SSSR count). The van der Waals surface area contributed by atoms with Gasteiger partial charge in [-0.1, -0.05) is 61.5 Å². The van der Waals surface area contributed by atoms with Crippen LogP contribution in [-0.4, -0.2) is 24.4 Å². The highest BCUT2D eigenvalue weighted by molar-refractivity contribution is 6.09. The normalized spacial score (nSPS) is 17.0. The first-order chi connectivity index (χ1) is 26.1. The monoisotopic (exact) mass is 754 g/mol. The molecule has 6 aromatic carbocycles. The standard InChI is InChI=1S/C44H32F6O5/c1-41(23-24-18-27(43(45,46)47)20-28(19-24)44(48,49)50)35-7-5-4-6-31(35)38-33-21-36(53-2)37(54-3)22-34(33)40-32(39(38)41)16-17-42(55-40,25-8-12-29(51)13-9-25)26-10-14-30(52)15-11-26/h4-22,51-52H,23H2,1-3H3. The number of aromatic hydroxyl groups is 2. The molecule has 0 radical (unpaired) electrons. The second-order valence-corrected chi connectivity index (χ2v) is 14.0. The summed E-state index contributed by atoms with van der Waals surface area (Å²) >= 11 is 0. The minimum Gasteiger partial charge on any atom is -0.508 e. The molecule has 0 spiro atoms. The summed E-state index contributed by atoms with van der Waals surface area (Å²) in [7, 11) is 2.99. The predicted octanol–water partition coefficient (Wildman–Crippen LogP) is 11.2. The van der Waals surface area contributed by atoms with Crippen LogP contribution in [0.15, 0.2) is 109 Å². The number of phenols is 2. The minimum absolute atomic E-state index is 0.0294. The quantitative estimate of drug-likeness (QED) is 0.166. The van der Waals surface area contributed by atoms with Gasteiger partial charge < -0.3 is 24.4 Å². The summed E-state index contributed by atoms with van der Waals surface area (Å²) in [6, 6.07) is 25.6. The van der Waals surface area contributed by atoms with E-state index in [-0.39, 0.29) is 29.5 Å². The Morgan fingerprint density at radius 3 is 1.73 bits per heavy atom. The number of phenolic OH excluding ortho intramolecular Hbond substituents is 2. The van der Waals surface area contributed by atoms with Crippen molar-refractivity contribution in [3.05, 3.63) is 154 Å². The molecule has 1 aliphatic carbocycles. The molecule has 0 amide bonds. The molecule has 1 unspecified atom stereocenters. The SMILES string of the molecule is COc1cc2c3c(c4c(c2cc1OC)-c1ccccc1C4(C)Cc1cc(C(F)(F)F)cc(C(F)(F)F)c1)C=CC(c1ccc(O)cc1)(c1ccc(O)cc1)O3. The van der Waals surface area contributed by atoms with Gasteiger partial charge in [0.15, 0.2) is 17.1 Å². The van der Waals surface area contributed by atoms with Crippen molar-refractivity contribution < 1.29 is 50.8 Å². The van der Waals surface area contributed by atoms with Crippen molar-refractivity contribution in [2.24, 2.45) is 0 Å². The molecule has 55 heavy (non-hydrogen) atoms. The maximum absolute atomic E-state index is 14.1. The molecule has 1 aliphatic heterocycles. The van der Waals surface area contributed by atoms with Gasteiger partial charge in [0.25, 0.3) is 0 Å². The van der Waals surface area contributed by atoms with Crippen molar-refractivity contribution in [1.29, 1.82) is 0 Å². The van der Waals surface area contributed by atoms with Crippen LogP contribution in [0.4, 0.5) is 26.3 Å². The van der Waals surface area contributed by atoms with Gasteiger partial charge >= 0.3 is 12.4 Å². The summed E-state index contributed by atoms with van der Waals surface area (Å²) in [6.45, 7) is 1.83. The Hall–Kier alpha value is -6.10. The molecule has 1 heterocycles. The Labute approximate surface area is 311 Å². The fourth-order valence-electron chi connectivity index (χ4n) is 8.24. The van der Waals surface area contributed by atoms with Crippen molar-refractivity contribution in [1.82, 2.24) is 0 Å². The molecule has 0 aromatic heterocycles. The molecule has 0 saturated carbocycles. The average Bonchev–Trinajstić information content (AvgIpc) is 3.41. The van der Waals surface area contributed by atoms with Gasteiger partial charge in [0, 0.05) is 27.5 Å². The van der Waals surface area contributed by atoms with E-state index < -0.39 is 34.5 Å². The van der Waals surface area contributed by atoms with E-state index in [1.807, 2.05) is 37.3 Å². The van der Waals surface area contributed by atoms with Crippen LogP contribution in [0.25, 0.3) is 28.0 Å². The molecule has 0 bridgehead atoms. The third kappa shape index (κ3) is 5.71. The zero-order chi connectivity index (χ0) is 39.1. The van der Waals surface area contributed by atoms with Gasteiger partial charge in [-0.05, 0) is 100 Å². The Morgan fingerprint density at radius 1 is 0.673 bits per heavy atom. The van der Waals surface area contributed by atoms with Crippen LogP contribution in [0, 0.1) is 0 Å². The first kappa shape index (κ1) is 35.9. The van der Waals surface area contributed by atoms with E-state index >= 15 is 0 Å². The number of methoxy groups -OCH3 is 2. The number of hydrogen-bond acceptors (Lipinski definition) is 5. The van der Waals surface area contributed by atoms with Crippen LogP contribution in [0.2, 0.25) is 0 Å². The smallest absolute Gasteiger partial charge is 0.416 e. The fourth-order valence-corrected chi connectivity index (χ4v) is 8.24. The maximum Gasteiger partial charge on any atom is 0.416 e. The zero-order valence-corrected chi connectivity index (χ0v) is 29.6. The van der Waals surface area contributed by atoms with Crippen molar-refractivity contribution in [2.75, 3.05) is 14.2 Å². The van der Waals surface area contributed by atoms with Crippen molar-refractivity contribution >= 4 is 16.8 Å². The van der Waals surface area contributed by atoms with E-state index in [1.165, 1.54) is 38.5 Å². The first-order valence-corrected chi connectivity index (χ1v) is 17.2. The van der Waals surface area contributed by atoms with Crippen LogP contribution in [0.1, 0.15) is 51.4 Å². The van der Waals surface area contributed by atoms with Crippen molar-refractivity contribution in [3.8, 4) is 39.9 Å². The molecule has 280 valence electrons. The summed E-state index contributed by atoms with van der Waals surface area (Å²) in [5.74, 6) is 1.22. The van der Waals surface area contributed by atoms with Gasteiger partial charge in [-0.3, -0.25) is 0 Å². The van der Waals surface area contributed by atoms with E-state index in [9.17, 15) is 36.6 Å². The number of halogens is 6. The molecular weight excluding hydrogens is 722 g/mol. The highest BCUT2D eigenvalue weighted by atomic mass is 19.4. The largest absolute Gasteiger partial charge is 0.508 e. The third-order valence-corrected chi connectivity index (χ3v) is 10.7. The lowest BCUT2D eigenvalue weighted by atomic mass is 9.72. The van der Waals surface area contributed by atoms with Gasteiger partial charge in [0.2, 0.25) is 0 Å². The van der Waals surface area contributed by atoms with Crippen LogP contribution in [0.3, 0.4) is 0 Å². The Morgan fingerprint density at radius 2 is 1.20 bits per heavy atom. The lowest BCUT2D eigenvalue weighted by molar-refractivity contribution is -0.143. The Bertz CT molecular complexity index is 2440. The molecule has 0 fully saturated rings. The highest BCUT2D eigenvalue weighted by Gasteiger charge is 2.47. The highest BCUT2D eigenvalue weighted by Crippen LogP contribution is 2.60. The topological polar surface area (TPSA) is 68.2 Å². The van der Waals surface area contributed by atoms with E-state index in [0.717, 1.165) is 23.3 Å². The summed E-state index contributed by atoms with van der Waals surface area (Å²) in [5.41, 5.74) is -0.747. The van der Waals surface area contributed by atoms with Crippen LogP contribution < -0.4 is 14.2 Å². The summed E-state index contributed by atoms with van der Waals surface area (Å²) < 4.78 is 103. The van der Waals surface area contributed by atoms with Crippen LogP contribution in [0.5, 0.6) is 28.7 Å². The second kappa shape index (κ2) is 12.5. The number of alkyl halides is 6. The van der Waals surface area contributed by atoms with E-state index in [4.69, 9.17) is 14.2 Å². The van der Waals surface area contributed by atoms with Gasteiger partial charge in [0.1, 0.15) is 17.2 Å². The summed E-state index contributed by atoms with van der Waals surface area (Å²) in [5, 5.41) is 21.7. The van der Waals surface area contributed by atoms with Gasteiger partial charge in [0.05, 0.1) is 25.3 Å². The number of fused-ring (bicyclic) bond motifs is 8. The van der Waals surface area contributed by atoms with Gasteiger partial charge in [-0.15, -0.1) is 0 Å². The average molecular weight is 755 g/mol. The molecule has 1 atom stereocenters. The van der Waals surface area contributed by atoms with E-state index in [2.05, 4.69) is 0 Å². The third-order valence-electron chi connectivity index (χ3n) is 10.7. The number of benzene rings is 6. The molecule has 5 nitrogen and oxygen atoms in total. The van der Waals surface area contributed by atoms with Crippen LogP contribution >= 0.6 is 0 Å². The lowest BCUT2D eigenvalue weighted by Crippen LogP contribution is -2.35.